The number of thiophene rings is 1. The first-order valence-electron chi connectivity index (χ1n) is 8.55. The topological polar surface area (TPSA) is 52.7 Å². The molecule has 0 aliphatic carbocycles. The van der Waals surface area contributed by atoms with Crippen molar-refractivity contribution in [1.29, 1.82) is 0 Å². The van der Waals surface area contributed by atoms with E-state index < -0.39 is 0 Å². The zero-order valence-corrected chi connectivity index (χ0v) is 15.5. The van der Waals surface area contributed by atoms with Gasteiger partial charge in [-0.05, 0) is 49.7 Å². The van der Waals surface area contributed by atoms with Crippen molar-refractivity contribution >= 4 is 35.6 Å². The Morgan fingerprint density at radius 2 is 1.79 bits per heavy atom. The average molecular weight is 372 g/mol. The van der Waals surface area contributed by atoms with Crippen LogP contribution in [0.15, 0.2) is 17.5 Å². The summed E-state index contributed by atoms with van der Waals surface area (Å²) in [5.74, 6) is 1.05. The number of nitrogens with zero attached hydrogens (tertiary/aromatic N) is 2. The Morgan fingerprint density at radius 3 is 2.42 bits per heavy atom. The number of rotatable bonds is 4. The van der Waals surface area contributed by atoms with Gasteiger partial charge in [0.15, 0.2) is 0 Å². The van der Waals surface area contributed by atoms with Gasteiger partial charge < -0.3 is 15.1 Å². The van der Waals surface area contributed by atoms with Crippen LogP contribution in [0.25, 0.3) is 0 Å². The number of piperazine rings is 1. The molecule has 0 radical (unpaired) electrons. The largest absolute Gasteiger partial charge is 0.339 e. The predicted octanol–water partition coefficient (Wildman–Crippen LogP) is 2.23. The molecule has 0 atom stereocenters. The normalized spacial score (nSPS) is 19.0. The van der Waals surface area contributed by atoms with Crippen LogP contribution >= 0.6 is 23.7 Å². The van der Waals surface area contributed by atoms with Gasteiger partial charge in [-0.2, -0.15) is 0 Å². The monoisotopic (exact) mass is 371 g/mol. The van der Waals surface area contributed by atoms with Gasteiger partial charge in [0.2, 0.25) is 5.91 Å². The van der Waals surface area contributed by atoms with Gasteiger partial charge in [0.25, 0.3) is 5.91 Å². The molecule has 7 heteroatoms. The fraction of sp³-hybridized carbons (Fsp3) is 0.647. The fourth-order valence-electron chi connectivity index (χ4n) is 3.37. The summed E-state index contributed by atoms with van der Waals surface area (Å²) in [5, 5.41) is 5.29. The van der Waals surface area contributed by atoms with Crippen molar-refractivity contribution in [3.63, 3.8) is 0 Å². The summed E-state index contributed by atoms with van der Waals surface area (Å²) in [6, 6.07) is 3.77. The SMILES string of the molecule is Cl.O=C(CCC1CCNCC1)N1CCN(C(=O)c2cccs2)CC1. The van der Waals surface area contributed by atoms with Crippen molar-refractivity contribution < 1.29 is 9.59 Å². The molecule has 5 nitrogen and oxygen atoms in total. The second-order valence-electron chi connectivity index (χ2n) is 6.38. The molecule has 24 heavy (non-hydrogen) atoms. The predicted molar refractivity (Wildman–Crippen MR) is 98.9 cm³/mol. The lowest BCUT2D eigenvalue weighted by Crippen LogP contribution is -2.50. The zero-order valence-electron chi connectivity index (χ0n) is 13.9. The molecule has 134 valence electrons. The van der Waals surface area contributed by atoms with Gasteiger partial charge in [-0.25, -0.2) is 0 Å². The van der Waals surface area contributed by atoms with Crippen molar-refractivity contribution in [1.82, 2.24) is 15.1 Å². The Hall–Kier alpha value is -1.11. The van der Waals surface area contributed by atoms with Crippen LogP contribution in [0.5, 0.6) is 0 Å². The van der Waals surface area contributed by atoms with Crippen LogP contribution in [0.1, 0.15) is 35.4 Å². The third-order valence-corrected chi connectivity index (χ3v) is 5.73. The van der Waals surface area contributed by atoms with E-state index in [0.717, 1.165) is 24.4 Å². The van der Waals surface area contributed by atoms with Crippen molar-refractivity contribution in [2.24, 2.45) is 5.92 Å². The van der Waals surface area contributed by atoms with Crippen LogP contribution in [-0.2, 0) is 4.79 Å². The lowest BCUT2D eigenvalue weighted by atomic mass is 9.93. The van der Waals surface area contributed by atoms with Gasteiger partial charge in [0.05, 0.1) is 4.88 Å². The summed E-state index contributed by atoms with van der Waals surface area (Å²) < 4.78 is 0. The molecule has 0 bridgehead atoms. The van der Waals surface area contributed by atoms with E-state index in [1.165, 1.54) is 24.2 Å². The Bertz CT molecular complexity index is 524. The number of carbonyl (C=O) groups excluding carboxylic acids is 2. The van der Waals surface area contributed by atoms with Gasteiger partial charge in [-0.15, -0.1) is 23.7 Å². The van der Waals surface area contributed by atoms with Crippen molar-refractivity contribution in [2.45, 2.75) is 25.7 Å². The van der Waals surface area contributed by atoms with Crippen LogP contribution < -0.4 is 5.32 Å². The third kappa shape index (κ3) is 4.94. The minimum atomic E-state index is 0. The molecule has 0 unspecified atom stereocenters. The molecular formula is C17H26ClN3O2S. The van der Waals surface area contributed by atoms with E-state index in [9.17, 15) is 9.59 Å². The second kappa shape index (κ2) is 9.39. The maximum atomic E-state index is 12.4. The smallest absolute Gasteiger partial charge is 0.264 e. The summed E-state index contributed by atoms with van der Waals surface area (Å²) in [7, 11) is 0. The summed E-state index contributed by atoms with van der Waals surface area (Å²) in [6.45, 7) is 4.81. The van der Waals surface area contributed by atoms with Gasteiger partial charge in [0, 0.05) is 32.6 Å². The average Bonchev–Trinajstić information content (AvgIpc) is 3.15. The van der Waals surface area contributed by atoms with Crippen LogP contribution in [0.3, 0.4) is 0 Å². The molecule has 2 saturated heterocycles. The van der Waals surface area contributed by atoms with Gasteiger partial charge in [-0.1, -0.05) is 6.07 Å². The first-order chi connectivity index (χ1) is 11.2. The Morgan fingerprint density at radius 1 is 1.12 bits per heavy atom. The molecule has 2 amide bonds. The van der Waals surface area contributed by atoms with Gasteiger partial charge in [0.1, 0.15) is 0 Å². The lowest BCUT2D eigenvalue weighted by molar-refractivity contribution is -0.133. The molecule has 2 aliphatic heterocycles. The maximum Gasteiger partial charge on any atom is 0.264 e. The third-order valence-electron chi connectivity index (χ3n) is 4.88. The molecule has 2 fully saturated rings. The van der Waals surface area contributed by atoms with Crippen LogP contribution in [0.2, 0.25) is 0 Å². The maximum absolute atomic E-state index is 12.4. The van der Waals surface area contributed by atoms with E-state index in [2.05, 4.69) is 5.32 Å². The molecular weight excluding hydrogens is 346 g/mol. The molecule has 3 heterocycles. The van der Waals surface area contributed by atoms with E-state index in [4.69, 9.17) is 0 Å². The Balaban J connectivity index is 0.00000208. The van der Waals surface area contributed by atoms with E-state index in [1.54, 1.807) is 0 Å². The Labute approximate surface area is 153 Å². The number of carbonyl (C=O) groups is 2. The van der Waals surface area contributed by atoms with Gasteiger partial charge in [-0.3, -0.25) is 9.59 Å². The summed E-state index contributed by atoms with van der Waals surface area (Å²) in [5.41, 5.74) is 0. The molecule has 1 aromatic heterocycles. The number of halogens is 1. The molecule has 0 aromatic carbocycles. The van der Waals surface area contributed by atoms with Crippen LogP contribution in [0, 0.1) is 5.92 Å². The lowest BCUT2D eigenvalue weighted by Gasteiger charge is -2.35. The first-order valence-corrected chi connectivity index (χ1v) is 9.43. The number of amides is 2. The van der Waals surface area contributed by atoms with E-state index in [-0.39, 0.29) is 24.2 Å². The molecule has 0 spiro atoms. The van der Waals surface area contributed by atoms with E-state index in [0.29, 0.717) is 38.5 Å². The molecule has 2 aliphatic rings. The number of piperidine rings is 1. The van der Waals surface area contributed by atoms with Crippen molar-refractivity contribution in [3.8, 4) is 0 Å². The number of nitrogens with one attached hydrogen (secondary N) is 1. The molecule has 0 saturated carbocycles. The minimum Gasteiger partial charge on any atom is -0.339 e. The van der Waals surface area contributed by atoms with E-state index in [1.807, 2.05) is 27.3 Å². The van der Waals surface area contributed by atoms with Gasteiger partial charge >= 0.3 is 0 Å². The standard InChI is InChI=1S/C17H25N3O2S.ClH/c21-16(4-3-14-5-7-18-8-6-14)19-9-11-20(12-10-19)17(22)15-2-1-13-23-15;/h1-2,13-14,18H,3-12H2;1H. The van der Waals surface area contributed by atoms with Crippen molar-refractivity contribution in [3.05, 3.63) is 22.4 Å². The highest BCUT2D eigenvalue weighted by Crippen LogP contribution is 2.19. The summed E-state index contributed by atoms with van der Waals surface area (Å²) in [4.78, 5) is 29.2. The fourth-order valence-corrected chi connectivity index (χ4v) is 4.06. The molecule has 3 rings (SSSR count). The quantitative estimate of drug-likeness (QED) is 0.883. The highest BCUT2D eigenvalue weighted by Gasteiger charge is 2.25. The zero-order chi connectivity index (χ0) is 16.1. The van der Waals surface area contributed by atoms with Crippen LogP contribution in [-0.4, -0.2) is 60.9 Å². The van der Waals surface area contributed by atoms with Crippen molar-refractivity contribution in [2.75, 3.05) is 39.3 Å². The van der Waals surface area contributed by atoms with E-state index >= 15 is 0 Å². The molecule has 1 N–H and O–H groups in total. The number of hydrogen-bond acceptors (Lipinski definition) is 4. The Kier molecular flexibility index (Phi) is 7.52. The second-order valence-corrected chi connectivity index (χ2v) is 7.33. The summed E-state index contributed by atoms with van der Waals surface area (Å²) >= 11 is 1.48. The first kappa shape index (κ1) is 19.2. The highest BCUT2D eigenvalue weighted by molar-refractivity contribution is 7.12. The van der Waals surface area contributed by atoms with Crippen LogP contribution in [0.4, 0.5) is 0 Å². The minimum absolute atomic E-state index is 0. The number of hydrogen-bond donors (Lipinski definition) is 1. The highest BCUT2D eigenvalue weighted by atomic mass is 35.5. The molecule has 1 aromatic rings. The summed E-state index contributed by atoms with van der Waals surface area (Å²) in [6.07, 6.45) is 4.05.